The average Bonchev–Trinajstić information content (AvgIpc) is 3.59. The van der Waals surface area contributed by atoms with Gasteiger partial charge in [0.15, 0.2) is 0 Å². The molecule has 3 aromatic rings. The lowest BCUT2D eigenvalue weighted by molar-refractivity contribution is -0.133. The zero-order valence-corrected chi connectivity index (χ0v) is 27.8. The van der Waals surface area contributed by atoms with Gasteiger partial charge in [-0.1, -0.05) is 24.3 Å². The molecule has 5 rings (SSSR count). The Balaban J connectivity index is 1.14. The molecule has 1 aromatic carbocycles. The SMILES string of the molecule is CCN(C(=O)[C@@H]1CCN(CC(=O)N2CCC(c3ccc(C(N)=NC=NC)cc3)CC2)C1)c1ccc(N)c(C(=N)c2ccc(OC)nc2)n1. The highest BCUT2D eigenvalue weighted by atomic mass is 16.5. The normalized spacial score (nSPS) is 17.5. The number of methoxy groups -OCH3 is 1. The summed E-state index contributed by atoms with van der Waals surface area (Å²) in [6, 6.07) is 14.9. The number of nitrogen functional groups attached to an aromatic ring is 1. The van der Waals surface area contributed by atoms with Crippen LogP contribution >= 0.6 is 0 Å². The molecular formula is C35H44N10O3. The molecule has 252 valence electrons. The van der Waals surface area contributed by atoms with Crippen LogP contribution in [-0.2, 0) is 9.59 Å². The third-order valence-corrected chi connectivity index (χ3v) is 9.06. The minimum Gasteiger partial charge on any atom is -0.481 e. The summed E-state index contributed by atoms with van der Waals surface area (Å²) in [5.74, 6) is 1.48. The number of anilines is 2. The highest BCUT2D eigenvalue weighted by molar-refractivity contribution is 6.12. The van der Waals surface area contributed by atoms with Crippen LogP contribution in [0.3, 0.4) is 0 Å². The molecule has 2 aliphatic heterocycles. The molecule has 13 nitrogen and oxygen atoms in total. The fourth-order valence-corrected chi connectivity index (χ4v) is 6.30. The molecule has 2 saturated heterocycles. The van der Waals surface area contributed by atoms with Gasteiger partial charge in [-0.3, -0.25) is 29.8 Å². The second kappa shape index (κ2) is 15.6. The first-order valence-electron chi connectivity index (χ1n) is 16.2. The summed E-state index contributed by atoms with van der Waals surface area (Å²) in [4.78, 5) is 49.4. The average molecular weight is 653 g/mol. The molecule has 13 heteroatoms. The van der Waals surface area contributed by atoms with E-state index in [0.29, 0.717) is 80.4 Å². The zero-order chi connectivity index (χ0) is 34.2. The molecular weight excluding hydrogens is 608 g/mol. The Labute approximate surface area is 281 Å². The fourth-order valence-electron chi connectivity index (χ4n) is 6.30. The summed E-state index contributed by atoms with van der Waals surface area (Å²) in [5, 5.41) is 8.70. The Morgan fingerprint density at radius 1 is 1.06 bits per heavy atom. The van der Waals surface area contributed by atoms with Gasteiger partial charge in [0.1, 0.15) is 23.7 Å². The minimum absolute atomic E-state index is 0.0494. The molecule has 48 heavy (non-hydrogen) atoms. The molecule has 0 spiro atoms. The molecule has 0 radical (unpaired) electrons. The van der Waals surface area contributed by atoms with Crippen molar-refractivity contribution >= 4 is 41.2 Å². The van der Waals surface area contributed by atoms with Crippen molar-refractivity contribution in [1.29, 1.82) is 5.41 Å². The van der Waals surface area contributed by atoms with Crippen LogP contribution in [0.15, 0.2) is 64.7 Å². The maximum absolute atomic E-state index is 13.7. The van der Waals surface area contributed by atoms with Gasteiger partial charge in [0.05, 0.1) is 31.0 Å². The van der Waals surface area contributed by atoms with E-state index < -0.39 is 0 Å². The maximum Gasteiger partial charge on any atom is 0.236 e. The van der Waals surface area contributed by atoms with Crippen LogP contribution in [0.25, 0.3) is 0 Å². The second-order valence-corrected chi connectivity index (χ2v) is 12.0. The first-order chi connectivity index (χ1) is 23.2. The van der Waals surface area contributed by atoms with Crippen LogP contribution in [0.2, 0.25) is 0 Å². The summed E-state index contributed by atoms with van der Waals surface area (Å²) >= 11 is 0. The molecule has 2 aromatic heterocycles. The predicted octanol–water partition coefficient (Wildman–Crippen LogP) is 2.93. The lowest BCUT2D eigenvalue weighted by atomic mass is 9.89. The largest absolute Gasteiger partial charge is 0.481 e. The molecule has 0 bridgehead atoms. The van der Waals surface area contributed by atoms with Crippen molar-refractivity contribution in [2.24, 2.45) is 21.6 Å². The Morgan fingerprint density at radius 2 is 1.79 bits per heavy atom. The third-order valence-electron chi connectivity index (χ3n) is 9.06. The van der Waals surface area contributed by atoms with Crippen molar-refractivity contribution < 1.29 is 14.3 Å². The number of hydrogen-bond donors (Lipinski definition) is 3. The van der Waals surface area contributed by atoms with Gasteiger partial charge >= 0.3 is 0 Å². The molecule has 0 aliphatic carbocycles. The number of hydrogen-bond acceptors (Lipinski definition) is 9. The highest BCUT2D eigenvalue weighted by Gasteiger charge is 2.34. The van der Waals surface area contributed by atoms with Gasteiger partial charge < -0.3 is 21.1 Å². The number of rotatable bonds is 11. The van der Waals surface area contributed by atoms with Gasteiger partial charge in [-0.15, -0.1) is 0 Å². The summed E-state index contributed by atoms with van der Waals surface area (Å²) in [7, 11) is 3.18. The van der Waals surface area contributed by atoms with Crippen molar-refractivity contribution in [3.05, 3.63) is 77.1 Å². The molecule has 2 amide bonds. The number of ether oxygens (including phenoxy) is 1. The predicted molar refractivity (Wildman–Crippen MR) is 188 cm³/mol. The Morgan fingerprint density at radius 3 is 2.44 bits per heavy atom. The number of likely N-dealkylation sites (tertiary alicyclic amines) is 2. The van der Waals surface area contributed by atoms with E-state index >= 15 is 0 Å². The summed E-state index contributed by atoms with van der Waals surface area (Å²) in [6.07, 6.45) is 5.42. The van der Waals surface area contributed by atoms with Crippen molar-refractivity contribution in [3.63, 3.8) is 0 Å². The first kappa shape index (κ1) is 34.2. The Kier molecular flexibility index (Phi) is 11.1. The number of carbonyl (C=O) groups excluding carboxylic acids is 2. The first-order valence-corrected chi connectivity index (χ1v) is 16.2. The fraction of sp³-hybridized carbons (Fsp3) is 0.400. The van der Waals surface area contributed by atoms with Crippen LogP contribution in [0.4, 0.5) is 11.5 Å². The van der Waals surface area contributed by atoms with Gasteiger partial charge in [0, 0.05) is 56.6 Å². The molecule has 0 saturated carbocycles. The summed E-state index contributed by atoms with van der Waals surface area (Å²) in [5.41, 5.74) is 15.6. The number of pyridine rings is 2. The number of carbonyl (C=O) groups is 2. The second-order valence-electron chi connectivity index (χ2n) is 12.0. The number of piperidine rings is 1. The number of nitrogens with two attached hydrogens (primary N) is 2. The molecule has 1 atom stereocenters. The van der Waals surface area contributed by atoms with E-state index in [2.05, 4.69) is 37.0 Å². The van der Waals surface area contributed by atoms with Crippen molar-refractivity contribution in [3.8, 4) is 5.88 Å². The number of aliphatic imine (C=N–C) groups is 2. The van der Waals surface area contributed by atoms with Crippen molar-refractivity contribution in [1.82, 2.24) is 19.8 Å². The van der Waals surface area contributed by atoms with Gasteiger partial charge in [-0.2, -0.15) is 0 Å². The Bertz CT molecular complexity index is 1660. The van der Waals surface area contributed by atoms with Crippen molar-refractivity contribution in [2.45, 2.75) is 32.1 Å². The van der Waals surface area contributed by atoms with E-state index in [-0.39, 0.29) is 29.1 Å². The molecule has 2 fully saturated rings. The molecule has 0 unspecified atom stereocenters. The van der Waals surface area contributed by atoms with Gasteiger partial charge in [-0.05, 0) is 62.4 Å². The number of nitrogens with zero attached hydrogens (tertiary/aromatic N) is 7. The highest BCUT2D eigenvalue weighted by Crippen LogP contribution is 2.29. The lowest BCUT2D eigenvalue weighted by Gasteiger charge is -2.33. The zero-order valence-electron chi connectivity index (χ0n) is 27.8. The van der Waals surface area contributed by atoms with E-state index in [0.717, 1.165) is 18.4 Å². The monoisotopic (exact) mass is 652 g/mol. The summed E-state index contributed by atoms with van der Waals surface area (Å²) in [6.45, 7) is 5.20. The molecule has 5 N–H and O–H groups in total. The van der Waals surface area contributed by atoms with Crippen LogP contribution in [0.5, 0.6) is 5.88 Å². The Hall–Kier alpha value is -5.17. The van der Waals surface area contributed by atoms with Gasteiger partial charge in [-0.25, -0.2) is 15.0 Å². The van der Waals surface area contributed by atoms with E-state index in [9.17, 15) is 9.59 Å². The third kappa shape index (κ3) is 7.85. The van der Waals surface area contributed by atoms with Crippen LogP contribution in [0.1, 0.15) is 54.5 Å². The van der Waals surface area contributed by atoms with Gasteiger partial charge in [0.2, 0.25) is 17.7 Å². The standard InChI is InChI=1S/C35H44N10O3/c1-4-45(29-11-10-28(36)33(42-29)32(37)26-9-12-30(48-3)40-19-26)35(47)27-13-16-43(20-27)21-31(46)44-17-14-24(15-18-44)23-5-7-25(8-6-23)34(38)41-22-39-2/h5-12,19,22,24,27,37H,4,13-18,20-21,36H2,1-3H3,(H2,38,39,41)/t27-/m1/s1. The van der Waals surface area contributed by atoms with E-state index in [1.165, 1.54) is 25.2 Å². The van der Waals surface area contributed by atoms with Crippen LogP contribution < -0.4 is 21.1 Å². The maximum atomic E-state index is 13.7. The number of amidine groups is 1. The van der Waals surface area contributed by atoms with Gasteiger partial charge in [0.25, 0.3) is 0 Å². The van der Waals surface area contributed by atoms with E-state index in [4.69, 9.17) is 21.6 Å². The van der Waals surface area contributed by atoms with Crippen LogP contribution in [0, 0.1) is 11.3 Å². The topological polar surface area (TPSA) is 179 Å². The smallest absolute Gasteiger partial charge is 0.236 e. The number of nitrogens with one attached hydrogen (secondary N) is 1. The number of benzene rings is 1. The lowest BCUT2D eigenvalue weighted by Crippen LogP contribution is -2.44. The quantitative estimate of drug-likeness (QED) is 0.209. The minimum atomic E-state index is -0.257. The van der Waals surface area contributed by atoms with Crippen molar-refractivity contribution in [2.75, 3.05) is 64.1 Å². The van der Waals surface area contributed by atoms with E-state index in [1.807, 2.05) is 24.0 Å². The molecule has 2 aliphatic rings. The number of aromatic nitrogens is 2. The molecule has 4 heterocycles. The summed E-state index contributed by atoms with van der Waals surface area (Å²) < 4.78 is 5.11. The number of amides is 2. The van der Waals surface area contributed by atoms with E-state index in [1.54, 1.807) is 36.2 Å². The van der Waals surface area contributed by atoms with Crippen LogP contribution in [-0.4, -0.2) is 103 Å².